The van der Waals surface area contributed by atoms with Crippen LogP contribution in [0.5, 0.6) is 0 Å². The molecule has 1 heterocycles. The molecule has 0 aromatic heterocycles. The number of hydrogen-bond acceptors (Lipinski definition) is 3. The van der Waals surface area contributed by atoms with E-state index < -0.39 is 11.5 Å². The molecule has 1 unspecified atom stereocenters. The van der Waals surface area contributed by atoms with Crippen LogP contribution in [0.2, 0.25) is 0 Å². The zero-order valence-electron chi connectivity index (χ0n) is 9.75. The number of nitrogens with one attached hydrogen (secondary N) is 1. The Balaban J connectivity index is 2.68. The van der Waals surface area contributed by atoms with E-state index in [2.05, 4.69) is 26.1 Å². The summed E-state index contributed by atoms with van der Waals surface area (Å²) in [6, 6.07) is 0.254. The minimum absolute atomic E-state index is 0.254. The zero-order valence-corrected chi connectivity index (χ0v) is 10.6. The third kappa shape index (κ3) is 3.11. The van der Waals surface area contributed by atoms with E-state index in [9.17, 15) is 9.90 Å². The molecule has 88 valence electrons. The van der Waals surface area contributed by atoms with Crippen LogP contribution in [0.3, 0.4) is 0 Å². The van der Waals surface area contributed by atoms with Gasteiger partial charge >= 0.3 is 5.97 Å². The Hall–Kier alpha value is -0.220. The van der Waals surface area contributed by atoms with Crippen molar-refractivity contribution >= 4 is 17.7 Å². The van der Waals surface area contributed by atoms with Crippen LogP contribution < -0.4 is 5.32 Å². The van der Waals surface area contributed by atoms with Crippen LogP contribution in [0.15, 0.2) is 0 Å². The largest absolute Gasteiger partial charge is 0.480 e. The fourth-order valence-corrected chi connectivity index (χ4v) is 2.93. The SMILES string of the molecule is CC(C)C(C)NC1(C(=O)O)CCSCC1. The normalized spacial score (nSPS) is 22.7. The van der Waals surface area contributed by atoms with Crippen molar-refractivity contribution in [3.8, 4) is 0 Å². The molecule has 0 amide bonds. The number of rotatable bonds is 4. The minimum atomic E-state index is -0.685. The molecule has 3 nitrogen and oxygen atoms in total. The first-order valence-electron chi connectivity index (χ1n) is 5.57. The average molecular weight is 231 g/mol. The first kappa shape index (κ1) is 12.8. The number of carboxylic acids is 1. The molecular weight excluding hydrogens is 210 g/mol. The van der Waals surface area contributed by atoms with Gasteiger partial charge < -0.3 is 5.11 Å². The van der Waals surface area contributed by atoms with E-state index in [1.807, 2.05) is 11.8 Å². The number of hydrogen-bond donors (Lipinski definition) is 2. The van der Waals surface area contributed by atoms with Crippen molar-refractivity contribution < 1.29 is 9.90 Å². The molecule has 1 saturated heterocycles. The van der Waals surface area contributed by atoms with Crippen molar-refractivity contribution in [1.29, 1.82) is 0 Å². The van der Waals surface area contributed by atoms with Crippen LogP contribution in [0.4, 0.5) is 0 Å². The molecule has 1 fully saturated rings. The standard InChI is InChI=1S/C11H21NO2S/c1-8(2)9(3)12-11(10(13)14)4-6-15-7-5-11/h8-9,12H,4-7H2,1-3H3,(H,13,14). The summed E-state index contributed by atoms with van der Waals surface area (Å²) in [7, 11) is 0. The number of carbonyl (C=O) groups is 1. The Kier molecular flexibility index (Phi) is 4.46. The summed E-state index contributed by atoms with van der Waals surface area (Å²) in [6.07, 6.45) is 1.48. The molecule has 1 rings (SSSR count). The van der Waals surface area contributed by atoms with Crippen LogP contribution in [0, 0.1) is 5.92 Å². The predicted molar refractivity (Wildman–Crippen MR) is 64.4 cm³/mol. The van der Waals surface area contributed by atoms with Crippen LogP contribution in [-0.2, 0) is 4.79 Å². The van der Waals surface area contributed by atoms with Gasteiger partial charge in [0.15, 0.2) is 0 Å². The van der Waals surface area contributed by atoms with Crippen LogP contribution in [0.1, 0.15) is 33.6 Å². The number of aliphatic carboxylic acids is 1. The number of thioether (sulfide) groups is 1. The van der Waals surface area contributed by atoms with E-state index in [-0.39, 0.29) is 6.04 Å². The van der Waals surface area contributed by atoms with Gasteiger partial charge in [0.25, 0.3) is 0 Å². The van der Waals surface area contributed by atoms with Crippen molar-refractivity contribution in [1.82, 2.24) is 5.32 Å². The van der Waals surface area contributed by atoms with E-state index in [0.717, 1.165) is 24.3 Å². The average Bonchev–Trinajstić information content (AvgIpc) is 2.18. The second-order valence-electron chi connectivity index (χ2n) is 4.68. The fraction of sp³-hybridized carbons (Fsp3) is 0.909. The summed E-state index contributed by atoms with van der Waals surface area (Å²) in [4.78, 5) is 11.4. The summed E-state index contributed by atoms with van der Waals surface area (Å²) in [5.74, 6) is 1.68. The first-order valence-corrected chi connectivity index (χ1v) is 6.72. The van der Waals surface area contributed by atoms with Gasteiger partial charge in [-0.25, -0.2) is 0 Å². The Morgan fingerprint density at radius 2 is 1.87 bits per heavy atom. The molecular formula is C11H21NO2S. The maximum Gasteiger partial charge on any atom is 0.323 e. The monoisotopic (exact) mass is 231 g/mol. The second kappa shape index (κ2) is 5.21. The van der Waals surface area contributed by atoms with Crippen LogP contribution in [-0.4, -0.2) is 34.2 Å². The molecule has 15 heavy (non-hydrogen) atoms. The Morgan fingerprint density at radius 1 is 1.33 bits per heavy atom. The molecule has 1 aliphatic rings. The summed E-state index contributed by atoms with van der Waals surface area (Å²) >= 11 is 1.85. The van der Waals surface area contributed by atoms with Gasteiger partial charge in [-0.15, -0.1) is 0 Å². The summed E-state index contributed by atoms with van der Waals surface area (Å²) in [6.45, 7) is 6.30. The van der Waals surface area contributed by atoms with Crippen molar-refractivity contribution in [3.63, 3.8) is 0 Å². The minimum Gasteiger partial charge on any atom is -0.480 e. The highest BCUT2D eigenvalue weighted by Gasteiger charge is 2.40. The highest BCUT2D eigenvalue weighted by molar-refractivity contribution is 7.99. The molecule has 0 aromatic carbocycles. The van der Waals surface area contributed by atoms with E-state index >= 15 is 0 Å². The molecule has 0 aromatic rings. The Morgan fingerprint density at radius 3 is 2.27 bits per heavy atom. The Labute approximate surface area is 96.0 Å². The second-order valence-corrected chi connectivity index (χ2v) is 5.90. The molecule has 0 spiro atoms. The molecule has 4 heteroatoms. The summed E-state index contributed by atoms with van der Waals surface area (Å²) in [5, 5.41) is 12.7. The third-order valence-electron chi connectivity index (χ3n) is 3.26. The summed E-state index contributed by atoms with van der Waals surface area (Å²) in [5.41, 5.74) is -0.672. The van der Waals surface area contributed by atoms with Crippen molar-refractivity contribution in [3.05, 3.63) is 0 Å². The Bertz CT molecular complexity index is 225. The van der Waals surface area contributed by atoms with Crippen LogP contribution >= 0.6 is 11.8 Å². The lowest BCUT2D eigenvalue weighted by atomic mass is 9.90. The molecule has 0 aliphatic carbocycles. The highest BCUT2D eigenvalue weighted by Crippen LogP contribution is 2.28. The van der Waals surface area contributed by atoms with Gasteiger partial charge in [0, 0.05) is 6.04 Å². The maximum absolute atomic E-state index is 11.4. The van der Waals surface area contributed by atoms with Gasteiger partial charge in [0.2, 0.25) is 0 Å². The molecule has 2 N–H and O–H groups in total. The molecule has 0 bridgehead atoms. The first-order chi connectivity index (χ1) is 6.98. The van der Waals surface area contributed by atoms with E-state index in [1.165, 1.54) is 0 Å². The van der Waals surface area contributed by atoms with Crippen molar-refractivity contribution in [2.75, 3.05) is 11.5 Å². The lowest BCUT2D eigenvalue weighted by molar-refractivity contribution is -0.145. The molecule has 0 saturated carbocycles. The number of carboxylic acid groups (broad SMARTS) is 1. The van der Waals surface area contributed by atoms with Crippen LogP contribution in [0.25, 0.3) is 0 Å². The van der Waals surface area contributed by atoms with Gasteiger partial charge in [-0.1, -0.05) is 13.8 Å². The van der Waals surface area contributed by atoms with E-state index in [4.69, 9.17) is 0 Å². The molecule has 1 aliphatic heterocycles. The van der Waals surface area contributed by atoms with Gasteiger partial charge in [-0.3, -0.25) is 10.1 Å². The van der Waals surface area contributed by atoms with Gasteiger partial charge in [-0.2, -0.15) is 11.8 Å². The summed E-state index contributed by atoms with van der Waals surface area (Å²) < 4.78 is 0. The topological polar surface area (TPSA) is 49.3 Å². The highest BCUT2D eigenvalue weighted by atomic mass is 32.2. The zero-order chi connectivity index (χ0) is 11.5. The lowest BCUT2D eigenvalue weighted by Gasteiger charge is -2.37. The quantitative estimate of drug-likeness (QED) is 0.776. The maximum atomic E-state index is 11.4. The smallest absolute Gasteiger partial charge is 0.323 e. The lowest BCUT2D eigenvalue weighted by Crippen LogP contribution is -2.58. The van der Waals surface area contributed by atoms with Gasteiger partial charge in [-0.05, 0) is 37.2 Å². The third-order valence-corrected chi connectivity index (χ3v) is 4.25. The van der Waals surface area contributed by atoms with Crippen molar-refractivity contribution in [2.45, 2.75) is 45.2 Å². The fourth-order valence-electron chi connectivity index (χ4n) is 1.74. The molecule has 1 atom stereocenters. The van der Waals surface area contributed by atoms with Gasteiger partial charge in [0.1, 0.15) is 5.54 Å². The van der Waals surface area contributed by atoms with E-state index in [1.54, 1.807) is 0 Å². The predicted octanol–water partition coefficient (Wildman–Crippen LogP) is 1.97. The van der Waals surface area contributed by atoms with Gasteiger partial charge in [0.05, 0.1) is 0 Å². The van der Waals surface area contributed by atoms with Crippen molar-refractivity contribution in [2.24, 2.45) is 5.92 Å². The molecule has 0 radical (unpaired) electrons. The van der Waals surface area contributed by atoms with E-state index in [0.29, 0.717) is 5.92 Å².